The number of aromatic amines is 1. The van der Waals surface area contributed by atoms with E-state index in [0.717, 1.165) is 22.0 Å². The van der Waals surface area contributed by atoms with E-state index >= 15 is 0 Å². The maximum Gasteiger partial charge on any atom is 0.233 e. The van der Waals surface area contributed by atoms with Gasteiger partial charge in [-0.05, 0) is 30.0 Å². The normalized spacial score (nSPS) is 11.2. The van der Waals surface area contributed by atoms with Gasteiger partial charge in [0.15, 0.2) is 5.65 Å². The molecule has 0 fully saturated rings. The van der Waals surface area contributed by atoms with Crippen molar-refractivity contribution in [1.29, 1.82) is 0 Å². The number of amides is 1. The van der Waals surface area contributed by atoms with Crippen molar-refractivity contribution in [1.82, 2.24) is 25.1 Å². The highest BCUT2D eigenvalue weighted by atomic mass is 32.2. The molecule has 142 valence electrons. The average molecular weight is 410 g/mol. The molecule has 1 N–H and O–H groups in total. The van der Waals surface area contributed by atoms with Gasteiger partial charge >= 0.3 is 0 Å². The highest BCUT2D eigenvalue weighted by molar-refractivity contribution is 7.99. The molecule has 4 aromatic rings. The highest BCUT2D eigenvalue weighted by Gasteiger charge is 2.13. The highest BCUT2D eigenvalue weighted by Crippen LogP contribution is 2.23. The Morgan fingerprint density at radius 1 is 1.11 bits per heavy atom. The van der Waals surface area contributed by atoms with Crippen LogP contribution in [-0.4, -0.2) is 50.0 Å². The van der Waals surface area contributed by atoms with Crippen molar-refractivity contribution in [3.05, 3.63) is 54.1 Å². The third-order valence-electron chi connectivity index (χ3n) is 4.43. The molecule has 0 aliphatic carbocycles. The molecule has 4 rings (SSSR count). The summed E-state index contributed by atoms with van der Waals surface area (Å²) in [7, 11) is 1.81. The van der Waals surface area contributed by atoms with Gasteiger partial charge in [-0.3, -0.25) is 4.79 Å². The number of nitrogens with one attached hydrogen (secondary N) is 1. The molecule has 0 spiro atoms. The van der Waals surface area contributed by atoms with Crippen LogP contribution in [0, 0.1) is 0 Å². The fraction of sp³-hybridized carbons (Fsp3) is 0.200. The molecule has 0 atom stereocenters. The quantitative estimate of drug-likeness (QED) is 0.486. The standard InChI is InChI=1S/C20H19N5OS2/c1-25(11-13-7-9-14(27-2)10-8-13)17(26)12-28-20-22-19-18(23-24-20)15-5-3-4-6-16(15)21-19/h3-10H,11-12H2,1-2H3,(H,21,22,24). The number of fused-ring (bicyclic) bond motifs is 3. The van der Waals surface area contributed by atoms with Gasteiger partial charge in [0.2, 0.25) is 11.1 Å². The van der Waals surface area contributed by atoms with E-state index in [1.807, 2.05) is 37.6 Å². The molecule has 0 unspecified atom stereocenters. The summed E-state index contributed by atoms with van der Waals surface area (Å²) in [6, 6.07) is 16.1. The number of hydrogen-bond acceptors (Lipinski definition) is 6. The number of para-hydroxylation sites is 1. The molecule has 0 saturated heterocycles. The second kappa shape index (κ2) is 8.20. The topological polar surface area (TPSA) is 74.8 Å². The van der Waals surface area contributed by atoms with Crippen molar-refractivity contribution in [3.63, 3.8) is 0 Å². The Labute approximate surface area is 171 Å². The number of H-pyrrole nitrogens is 1. The number of benzene rings is 2. The predicted molar refractivity (Wildman–Crippen MR) is 115 cm³/mol. The molecule has 0 radical (unpaired) electrons. The van der Waals surface area contributed by atoms with Crippen molar-refractivity contribution in [3.8, 4) is 0 Å². The second-order valence-electron chi connectivity index (χ2n) is 6.35. The number of hydrogen-bond donors (Lipinski definition) is 1. The molecule has 1 amide bonds. The fourth-order valence-corrected chi connectivity index (χ4v) is 4.03. The monoisotopic (exact) mass is 409 g/mol. The lowest BCUT2D eigenvalue weighted by molar-refractivity contribution is -0.127. The summed E-state index contributed by atoms with van der Waals surface area (Å²) in [4.78, 5) is 23.2. The van der Waals surface area contributed by atoms with E-state index in [-0.39, 0.29) is 11.7 Å². The number of rotatable bonds is 6. The Morgan fingerprint density at radius 2 is 1.89 bits per heavy atom. The predicted octanol–water partition coefficient (Wildman–Crippen LogP) is 3.98. The molecule has 0 bridgehead atoms. The first-order valence-corrected chi connectivity index (χ1v) is 11.0. The smallest absolute Gasteiger partial charge is 0.233 e. The van der Waals surface area contributed by atoms with Crippen molar-refractivity contribution in [2.45, 2.75) is 16.6 Å². The molecule has 0 saturated carbocycles. The Balaban J connectivity index is 1.40. The Bertz CT molecular complexity index is 1130. The van der Waals surface area contributed by atoms with E-state index in [2.05, 4.69) is 44.4 Å². The molecule has 2 aromatic carbocycles. The van der Waals surface area contributed by atoms with E-state index in [1.54, 1.807) is 16.7 Å². The summed E-state index contributed by atoms with van der Waals surface area (Å²) in [6.07, 6.45) is 2.05. The number of carbonyl (C=O) groups is 1. The fourth-order valence-electron chi connectivity index (χ4n) is 2.90. The van der Waals surface area contributed by atoms with Gasteiger partial charge in [0.25, 0.3) is 0 Å². The summed E-state index contributed by atoms with van der Waals surface area (Å²) in [6.45, 7) is 0.578. The molecule has 8 heteroatoms. The lowest BCUT2D eigenvalue weighted by Crippen LogP contribution is -2.27. The molecular weight excluding hydrogens is 390 g/mol. The van der Waals surface area contributed by atoms with Gasteiger partial charge in [-0.15, -0.1) is 22.0 Å². The van der Waals surface area contributed by atoms with Gasteiger partial charge in [-0.2, -0.15) is 0 Å². The molecule has 0 aliphatic rings. The van der Waals surface area contributed by atoms with Crippen LogP contribution >= 0.6 is 23.5 Å². The summed E-state index contributed by atoms with van der Waals surface area (Å²) >= 11 is 3.00. The van der Waals surface area contributed by atoms with Crippen LogP contribution in [0.2, 0.25) is 0 Å². The van der Waals surface area contributed by atoms with Gasteiger partial charge in [0, 0.05) is 29.4 Å². The van der Waals surface area contributed by atoms with E-state index in [1.165, 1.54) is 16.7 Å². The maximum absolute atomic E-state index is 12.5. The third kappa shape index (κ3) is 3.98. The summed E-state index contributed by atoms with van der Waals surface area (Å²) in [5.74, 6) is 0.298. The van der Waals surface area contributed by atoms with E-state index < -0.39 is 0 Å². The van der Waals surface area contributed by atoms with Gasteiger partial charge in [0.1, 0.15) is 5.52 Å². The Hall–Kier alpha value is -2.58. The van der Waals surface area contributed by atoms with Crippen molar-refractivity contribution in [2.75, 3.05) is 19.1 Å². The summed E-state index contributed by atoms with van der Waals surface area (Å²) in [5.41, 5.74) is 3.52. The van der Waals surface area contributed by atoms with Crippen LogP contribution in [0.3, 0.4) is 0 Å². The van der Waals surface area contributed by atoms with Crippen molar-refractivity contribution < 1.29 is 4.79 Å². The van der Waals surface area contributed by atoms with Gasteiger partial charge < -0.3 is 9.88 Å². The minimum atomic E-state index is 0.0271. The SMILES string of the molecule is CSc1ccc(CN(C)C(=O)CSc2nnc3c(n2)[nH]c2ccccc23)cc1. The summed E-state index contributed by atoms with van der Waals surface area (Å²) in [5, 5.41) is 9.95. The van der Waals surface area contributed by atoms with Gasteiger partial charge in [-0.25, -0.2) is 4.98 Å². The third-order valence-corrected chi connectivity index (χ3v) is 6.00. The van der Waals surface area contributed by atoms with Crippen LogP contribution in [0.15, 0.2) is 58.6 Å². The second-order valence-corrected chi connectivity index (χ2v) is 8.17. The molecule has 6 nitrogen and oxygen atoms in total. The van der Waals surface area contributed by atoms with Crippen LogP contribution in [0.1, 0.15) is 5.56 Å². The van der Waals surface area contributed by atoms with Crippen molar-refractivity contribution >= 4 is 51.5 Å². The number of nitrogens with zero attached hydrogens (tertiary/aromatic N) is 4. The first-order valence-electron chi connectivity index (χ1n) is 8.75. The molecule has 0 aliphatic heterocycles. The number of aromatic nitrogens is 4. The number of carbonyl (C=O) groups excluding carboxylic acids is 1. The van der Waals surface area contributed by atoms with Gasteiger partial charge in [-0.1, -0.05) is 42.1 Å². The molecular formula is C20H19N5OS2. The molecule has 28 heavy (non-hydrogen) atoms. The lowest BCUT2D eigenvalue weighted by atomic mass is 10.2. The van der Waals surface area contributed by atoms with E-state index in [4.69, 9.17) is 0 Å². The van der Waals surface area contributed by atoms with Gasteiger partial charge in [0.05, 0.1) is 5.75 Å². The zero-order valence-corrected chi connectivity index (χ0v) is 17.2. The maximum atomic E-state index is 12.5. The Kier molecular flexibility index (Phi) is 5.50. The first-order chi connectivity index (χ1) is 13.6. The Morgan fingerprint density at radius 3 is 2.68 bits per heavy atom. The van der Waals surface area contributed by atoms with Crippen LogP contribution in [0.5, 0.6) is 0 Å². The minimum absolute atomic E-state index is 0.0271. The first kappa shape index (κ1) is 18.8. The zero-order valence-electron chi connectivity index (χ0n) is 15.5. The number of thioether (sulfide) groups is 2. The average Bonchev–Trinajstić information content (AvgIpc) is 3.10. The summed E-state index contributed by atoms with van der Waals surface area (Å²) < 4.78 is 0. The zero-order chi connectivity index (χ0) is 19.5. The largest absolute Gasteiger partial charge is 0.341 e. The van der Waals surface area contributed by atoms with E-state index in [0.29, 0.717) is 17.3 Å². The van der Waals surface area contributed by atoms with Crippen LogP contribution in [-0.2, 0) is 11.3 Å². The lowest BCUT2D eigenvalue weighted by Gasteiger charge is -2.17. The molecule has 2 aromatic heterocycles. The van der Waals surface area contributed by atoms with Crippen LogP contribution < -0.4 is 0 Å². The van der Waals surface area contributed by atoms with E-state index in [9.17, 15) is 4.79 Å². The van der Waals surface area contributed by atoms with Crippen LogP contribution in [0.25, 0.3) is 22.1 Å². The van der Waals surface area contributed by atoms with Crippen LogP contribution in [0.4, 0.5) is 0 Å². The molecule has 2 heterocycles. The van der Waals surface area contributed by atoms with Crippen molar-refractivity contribution in [2.24, 2.45) is 0 Å². The minimum Gasteiger partial charge on any atom is -0.341 e.